The van der Waals surface area contributed by atoms with Crippen LogP contribution in [0.1, 0.15) is 82.1 Å². The molecular weight excluding hydrogens is 451 g/mol. The molecule has 0 bridgehead atoms. The molecule has 1 heterocycles. The van der Waals surface area contributed by atoms with E-state index < -0.39 is 5.63 Å². The van der Waals surface area contributed by atoms with Crippen molar-refractivity contribution in [2.45, 2.75) is 84.5 Å². The van der Waals surface area contributed by atoms with Crippen LogP contribution < -0.4 is 10.4 Å². The van der Waals surface area contributed by atoms with E-state index in [0.717, 1.165) is 44.1 Å². The number of benzene rings is 2. The van der Waals surface area contributed by atoms with E-state index in [1.54, 1.807) is 12.1 Å². The topological polar surface area (TPSA) is 39.4 Å². The van der Waals surface area contributed by atoms with Crippen molar-refractivity contribution < 1.29 is 13.5 Å². The molecule has 3 nitrogen and oxygen atoms in total. The van der Waals surface area contributed by atoms with E-state index in [9.17, 15) is 9.18 Å². The Labute approximate surface area is 207 Å². The van der Waals surface area contributed by atoms with Gasteiger partial charge in [-0.15, -0.1) is 0 Å². The minimum atomic E-state index is -0.488. The lowest BCUT2D eigenvalue weighted by Gasteiger charge is -2.10. The molecule has 0 spiro atoms. The van der Waals surface area contributed by atoms with E-state index in [1.165, 1.54) is 19.3 Å². The van der Waals surface area contributed by atoms with Gasteiger partial charge >= 0.3 is 5.63 Å². The van der Waals surface area contributed by atoms with Crippen LogP contribution in [-0.4, -0.2) is 6.61 Å². The zero-order valence-electron chi connectivity index (χ0n) is 20.4. The Bertz CT molecular complexity index is 1120. The molecular formula is C29H36ClFO3. The van der Waals surface area contributed by atoms with Gasteiger partial charge in [0.05, 0.1) is 17.0 Å². The summed E-state index contributed by atoms with van der Waals surface area (Å²) in [6.45, 7) is 4.92. The number of unbranched alkanes of at least 4 members (excludes halogenated alkanes) is 6. The fourth-order valence-corrected chi connectivity index (χ4v) is 4.48. The van der Waals surface area contributed by atoms with Crippen LogP contribution >= 0.6 is 11.6 Å². The molecule has 0 saturated heterocycles. The van der Waals surface area contributed by atoms with Gasteiger partial charge in [0, 0.05) is 6.42 Å². The van der Waals surface area contributed by atoms with Gasteiger partial charge in [0.1, 0.15) is 17.3 Å². The Morgan fingerprint density at radius 3 is 2.41 bits per heavy atom. The van der Waals surface area contributed by atoms with Gasteiger partial charge in [0.15, 0.2) is 0 Å². The van der Waals surface area contributed by atoms with Gasteiger partial charge in [-0.05, 0) is 60.4 Å². The van der Waals surface area contributed by atoms with Gasteiger partial charge in [-0.25, -0.2) is 9.18 Å². The van der Waals surface area contributed by atoms with Crippen LogP contribution in [0.2, 0.25) is 5.02 Å². The molecule has 3 aromatic rings. The predicted octanol–water partition coefficient (Wildman–Crippen LogP) is 8.45. The molecule has 184 valence electrons. The lowest BCUT2D eigenvalue weighted by Crippen LogP contribution is -2.06. The third kappa shape index (κ3) is 7.33. The van der Waals surface area contributed by atoms with Crippen molar-refractivity contribution >= 4 is 22.4 Å². The van der Waals surface area contributed by atoms with Crippen LogP contribution in [0.25, 0.3) is 10.8 Å². The van der Waals surface area contributed by atoms with E-state index in [2.05, 4.69) is 13.8 Å². The zero-order chi connectivity index (χ0) is 24.3. The molecule has 5 heteroatoms. The maximum absolute atomic E-state index is 14.6. The molecule has 0 unspecified atom stereocenters. The number of hydrogen-bond donors (Lipinski definition) is 0. The monoisotopic (exact) mass is 486 g/mol. The van der Waals surface area contributed by atoms with Crippen molar-refractivity contribution in [2.75, 3.05) is 6.61 Å². The summed E-state index contributed by atoms with van der Waals surface area (Å²) in [6, 6.07) is 10.9. The summed E-state index contributed by atoms with van der Waals surface area (Å²) in [6.07, 6.45) is 10.9. The average Bonchev–Trinajstić information content (AvgIpc) is 2.82. The van der Waals surface area contributed by atoms with Gasteiger partial charge in [-0.1, -0.05) is 82.2 Å². The summed E-state index contributed by atoms with van der Waals surface area (Å²) in [7, 11) is 0. The van der Waals surface area contributed by atoms with Gasteiger partial charge in [-0.3, -0.25) is 0 Å². The lowest BCUT2D eigenvalue weighted by molar-refractivity contribution is 0.305. The molecule has 0 saturated carbocycles. The first-order valence-corrected chi connectivity index (χ1v) is 13.1. The quantitative estimate of drug-likeness (QED) is 0.214. The molecule has 1 aromatic heterocycles. The molecule has 0 N–H and O–H groups in total. The molecule has 2 aromatic carbocycles. The largest absolute Gasteiger partial charge is 0.492 e. The maximum atomic E-state index is 14.6. The second-order valence-corrected chi connectivity index (χ2v) is 9.37. The smallest absolute Gasteiger partial charge is 0.345 e. The van der Waals surface area contributed by atoms with E-state index in [-0.39, 0.29) is 10.8 Å². The predicted molar refractivity (Wildman–Crippen MR) is 139 cm³/mol. The Morgan fingerprint density at radius 1 is 0.882 bits per heavy atom. The highest BCUT2D eigenvalue weighted by atomic mass is 35.5. The SMILES string of the molecule is CCCCCCCOc1ccc2cc(CCc3ccc(CCCCC)cc3F)oc(=O)c2c1Cl. The standard InChI is InChI=1S/C29H36ClFO3/c1-3-5-7-8-10-18-33-26-17-15-23-20-24(34-29(32)27(23)28(26)30)16-14-22-13-12-21(19-25(22)31)11-9-6-4-2/h12-13,15,17,19-20H,3-11,14,16,18H2,1-2H3. The maximum Gasteiger partial charge on any atom is 0.345 e. The first-order chi connectivity index (χ1) is 16.5. The number of rotatable bonds is 14. The third-order valence-corrected chi connectivity index (χ3v) is 6.59. The van der Waals surface area contributed by atoms with Crippen LogP contribution in [0.4, 0.5) is 4.39 Å². The second-order valence-electron chi connectivity index (χ2n) is 8.99. The summed E-state index contributed by atoms with van der Waals surface area (Å²) >= 11 is 6.48. The summed E-state index contributed by atoms with van der Waals surface area (Å²) < 4.78 is 25.9. The van der Waals surface area contributed by atoms with E-state index in [0.29, 0.717) is 47.3 Å². The van der Waals surface area contributed by atoms with Crippen LogP contribution in [-0.2, 0) is 19.3 Å². The zero-order valence-corrected chi connectivity index (χ0v) is 21.2. The molecule has 3 rings (SSSR count). The van der Waals surface area contributed by atoms with E-state index >= 15 is 0 Å². The van der Waals surface area contributed by atoms with Crippen molar-refractivity contribution in [1.29, 1.82) is 0 Å². The minimum absolute atomic E-state index is 0.198. The Morgan fingerprint density at radius 2 is 1.65 bits per heavy atom. The summed E-state index contributed by atoms with van der Waals surface area (Å²) in [4.78, 5) is 12.7. The average molecular weight is 487 g/mol. The minimum Gasteiger partial charge on any atom is -0.492 e. The summed E-state index contributed by atoms with van der Waals surface area (Å²) in [5.74, 6) is 0.826. The van der Waals surface area contributed by atoms with Crippen molar-refractivity contribution in [1.82, 2.24) is 0 Å². The molecule has 0 amide bonds. The van der Waals surface area contributed by atoms with Gasteiger partial charge < -0.3 is 9.15 Å². The fraction of sp³-hybridized carbons (Fsp3) is 0.483. The molecule has 0 fully saturated rings. The number of ether oxygens (including phenoxy) is 1. The van der Waals surface area contributed by atoms with Crippen LogP contribution in [0.15, 0.2) is 45.6 Å². The number of aryl methyl sites for hydroxylation is 3. The van der Waals surface area contributed by atoms with Gasteiger partial charge in [0.2, 0.25) is 0 Å². The third-order valence-electron chi connectivity index (χ3n) is 6.22. The van der Waals surface area contributed by atoms with E-state index in [4.69, 9.17) is 20.8 Å². The number of fused-ring (bicyclic) bond motifs is 1. The molecule has 0 aliphatic carbocycles. The molecule has 0 atom stereocenters. The number of hydrogen-bond acceptors (Lipinski definition) is 3. The summed E-state index contributed by atoms with van der Waals surface area (Å²) in [5, 5.41) is 1.32. The van der Waals surface area contributed by atoms with Crippen LogP contribution in [0.5, 0.6) is 5.75 Å². The van der Waals surface area contributed by atoms with E-state index in [1.807, 2.05) is 24.3 Å². The molecule has 0 radical (unpaired) electrons. The summed E-state index contributed by atoms with van der Waals surface area (Å²) in [5.41, 5.74) is 1.17. The highest BCUT2D eigenvalue weighted by Gasteiger charge is 2.14. The fourth-order valence-electron chi connectivity index (χ4n) is 4.18. The van der Waals surface area contributed by atoms with Crippen LogP contribution in [0, 0.1) is 5.82 Å². The van der Waals surface area contributed by atoms with Crippen molar-refractivity contribution in [3.8, 4) is 5.75 Å². The Balaban J connectivity index is 1.64. The van der Waals surface area contributed by atoms with Gasteiger partial charge in [-0.2, -0.15) is 0 Å². The second kappa shape index (κ2) is 13.5. The highest BCUT2D eigenvalue weighted by Crippen LogP contribution is 2.31. The van der Waals surface area contributed by atoms with Crippen molar-refractivity contribution in [3.63, 3.8) is 0 Å². The van der Waals surface area contributed by atoms with Crippen molar-refractivity contribution in [2.24, 2.45) is 0 Å². The Hall–Kier alpha value is -2.33. The van der Waals surface area contributed by atoms with Crippen LogP contribution in [0.3, 0.4) is 0 Å². The number of halogens is 2. The molecule has 0 aliphatic rings. The highest BCUT2D eigenvalue weighted by molar-refractivity contribution is 6.36. The first-order valence-electron chi connectivity index (χ1n) is 12.7. The Kier molecular flexibility index (Phi) is 10.5. The lowest BCUT2D eigenvalue weighted by atomic mass is 10.0. The first kappa shape index (κ1) is 26.3. The normalized spacial score (nSPS) is 11.3. The molecule has 34 heavy (non-hydrogen) atoms. The van der Waals surface area contributed by atoms with Crippen molar-refractivity contribution in [3.05, 3.63) is 74.5 Å². The van der Waals surface area contributed by atoms with Gasteiger partial charge in [0.25, 0.3) is 0 Å². The molecule has 0 aliphatic heterocycles.